The monoisotopic (exact) mass is 872 g/mol. The van der Waals surface area contributed by atoms with Crippen LogP contribution < -0.4 is 5.32 Å². The van der Waals surface area contributed by atoms with Crippen molar-refractivity contribution in [3.05, 3.63) is 36.5 Å². The number of hydrogen-bond donors (Lipinski definition) is 3. The summed E-state index contributed by atoms with van der Waals surface area (Å²) >= 11 is 0. The van der Waals surface area contributed by atoms with Crippen LogP contribution in [0.25, 0.3) is 0 Å². The zero-order chi connectivity index (χ0) is 45.2. The van der Waals surface area contributed by atoms with Crippen LogP contribution in [0.3, 0.4) is 0 Å². The Morgan fingerprint density at radius 3 is 1.32 bits per heavy atom. The molecular weight excluding hydrogens is 767 g/mol. The maximum Gasteiger partial charge on any atom is 0.306 e. The number of hydrogen-bond acceptors (Lipinski definition) is 5. The van der Waals surface area contributed by atoms with Crippen molar-refractivity contribution in [1.29, 1.82) is 0 Å². The lowest BCUT2D eigenvalue weighted by molar-refractivity contribution is -0.151. The lowest BCUT2D eigenvalue weighted by atomic mass is 10.0. The second kappa shape index (κ2) is 50.1. The first kappa shape index (κ1) is 60.1. The number of unbranched alkanes of at least 4 members (excludes halogenated alkanes) is 31. The van der Waals surface area contributed by atoms with E-state index in [1.165, 1.54) is 167 Å². The zero-order valence-electron chi connectivity index (χ0n) is 41.5. The minimum Gasteiger partial charge on any atom is -0.462 e. The molecule has 1 amide bonds. The van der Waals surface area contributed by atoms with E-state index in [0.29, 0.717) is 19.3 Å². The Balaban J connectivity index is 4.56. The van der Waals surface area contributed by atoms with Gasteiger partial charge in [-0.3, -0.25) is 9.59 Å². The van der Waals surface area contributed by atoms with Crippen LogP contribution in [0, 0.1) is 0 Å². The number of carbonyl (C=O) groups is 2. The van der Waals surface area contributed by atoms with Crippen LogP contribution in [-0.2, 0) is 14.3 Å². The lowest BCUT2D eigenvalue weighted by Gasteiger charge is -2.24. The Morgan fingerprint density at radius 1 is 0.484 bits per heavy atom. The van der Waals surface area contributed by atoms with Crippen LogP contribution in [0.4, 0.5) is 0 Å². The molecule has 0 fully saturated rings. The van der Waals surface area contributed by atoms with Gasteiger partial charge >= 0.3 is 5.97 Å². The Hall–Kier alpha value is -1.92. The number of carbonyl (C=O) groups excluding carboxylic acids is 2. The first-order valence-corrected chi connectivity index (χ1v) is 27.2. The minimum atomic E-state index is -0.786. The van der Waals surface area contributed by atoms with Gasteiger partial charge in [-0.2, -0.15) is 0 Å². The number of aliphatic hydroxyl groups is 2. The van der Waals surface area contributed by atoms with Crippen LogP contribution >= 0.6 is 0 Å². The summed E-state index contributed by atoms with van der Waals surface area (Å²) in [6.07, 6.45) is 59.2. The molecule has 0 bridgehead atoms. The summed E-state index contributed by atoms with van der Waals surface area (Å²) in [6.45, 7) is 6.39. The van der Waals surface area contributed by atoms with Gasteiger partial charge < -0.3 is 20.3 Å². The molecule has 3 atom stereocenters. The molecule has 364 valence electrons. The standard InChI is InChI=1S/C56H105NO5/c1-4-7-10-13-16-19-22-24-26-28-30-33-35-38-41-44-47-52(62-56(61)49-46-43-40-37-34-31-29-27-25-23-20-17-14-11-8-5-2)50-55(60)57-53(51-58)54(59)48-45-42-39-36-32-21-18-15-12-9-6-3/h8,11,17,20,25,27,52-54,58-59H,4-7,9-10,12-16,18-19,21-24,26,28-51H2,1-3H3,(H,57,60)/b11-8+,20-17+,27-25+. The smallest absolute Gasteiger partial charge is 0.306 e. The van der Waals surface area contributed by atoms with Gasteiger partial charge in [0.1, 0.15) is 6.10 Å². The summed E-state index contributed by atoms with van der Waals surface area (Å²) < 4.78 is 5.95. The third-order valence-corrected chi connectivity index (χ3v) is 12.5. The first-order chi connectivity index (χ1) is 30.5. The van der Waals surface area contributed by atoms with Crippen LogP contribution in [0.2, 0.25) is 0 Å². The van der Waals surface area contributed by atoms with Crippen molar-refractivity contribution in [3.8, 4) is 0 Å². The molecule has 0 spiro atoms. The summed E-state index contributed by atoms with van der Waals surface area (Å²) in [4.78, 5) is 26.2. The van der Waals surface area contributed by atoms with E-state index in [0.717, 1.165) is 70.6 Å². The topological polar surface area (TPSA) is 95.9 Å². The molecule has 0 aromatic carbocycles. The maximum absolute atomic E-state index is 13.2. The van der Waals surface area contributed by atoms with Gasteiger partial charge in [-0.25, -0.2) is 0 Å². The number of rotatable bonds is 49. The van der Waals surface area contributed by atoms with Gasteiger partial charge in [0.25, 0.3) is 0 Å². The van der Waals surface area contributed by atoms with E-state index in [9.17, 15) is 19.8 Å². The molecule has 0 radical (unpaired) electrons. The van der Waals surface area contributed by atoms with Gasteiger partial charge in [-0.1, -0.05) is 250 Å². The summed E-state index contributed by atoms with van der Waals surface area (Å²) in [6, 6.07) is -0.700. The maximum atomic E-state index is 13.2. The van der Waals surface area contributed by atoms with Crippen LogP contribution in [0.1, 0.15) is 284 Å². The molecule has 6 nitrogen and oxygen atoms in total. The molecule has 3 N–H and O–H groups in total. The second-order valence-electron chi connectivity index (χ2n) is 18.6. The van der Waals surface area contributed by atoms with Crippen molar-refractivity contribution >= 4 is 11.9 Å². The van der Waals surface area contributed by atoms with Crippen molar-refractivity contribution in [2.45, 2.75) is 302 Å². The molecule has 3 unspecified atom stereocenters. The Morgan fingerprint density at radius 2 is 0.871 bits per heavy atom. The van der Waals surface area contributed by atoms with E-state index >= 15 is 0 Å². The number of amides is 1. The molecule has 0 aliphatic rings. The highest BCUT2D eigenvalue weighted by atomic mass is 16.5. The normalized spacial score (nSPS) is 13.4. The third-order valence-electron chi connectivity index (χ3n) is 12.5. The van der Waals surface area contributed by atoms with Crippen molar-refractivity contribution in [3.63, 3.8) is 0 Å². The van der Waals surface area contributed by atoms with E-state index in [1.54, 1.807) is 0 Å². The molecule has 0 aromatic rings. The van der Waals surface area contributed by atoms with Gasteiger partial charge in [0.2, 0.25) is 5.91 Å². The van der Waals surface area contributed by atoms with Gasteiger partial charge in [-0.05, 0) is 57.8 Å². The fourth-order valence-corrected chi connectivity index (χ4v) is 8.39. The third kappa shape index (κ3) is 44.7. The van der Waals surface area contributed by atoms with E-state index in [2.05, 4.69) is 62.5 Å². The van der Waals surface area contributed by atoms with Gasteiger partial charge in [0, 0.05) is 6.42 Å². The van der Waals surface area contributed by atoms with Crippen LogP contribution in [0.5, 0.6) is 0 Å². The highest BCUT2D eigenvalue weighted by Crippen LogP contribution is 2.19. The Labute approximate surface area is 385 Å². The molecule has 0 saturated heterocycles. The average molecular weight is 872 g/mol. The number of nitrogens with one attached hydrogen (secondary N) is 1. The number of allylic oxidation sites excluding steroid dienone is 6. The molecule has 0 aliphatic carbocycles. The largest absolute Gasteiger partial charge is 0.462 e. The molecule has 0 aliphatic heterocycles. The van der Waals surface area contributed by atoms with Gasteiger partial charge in [0.15, 0.2) is 0 Å². The van der Waals surface area contributed by atoms with E-state index in [4.69, 9.17) is 4.74 Å². The molecule has 0 saturated carbocycles. The van der Waals surface area contributed by atoms with Gasteiger partial charge in [0.05, 0.1) is 25.2 Å². The predicted octanol–water partition coefficient (Wildman–Crippen LogP) is 16.5. The molecular formula is C56H105NO5. The van der Waals surface area contributed by atoms with Crippen LogP contribution in [0.15, 0.2) is 36.5 Å². The van der Waals surface area contributed by atoms with Crippen molar-refractivity contribution in [2.75, 3.05) is 6.61 Å². The van der Waals surface area contributed by atoms with E-state index in [1.807, 2.05) is 0 Å². The Kier molecular flexibility index (Phi) is 48.5. The molecule has 0 aromatic heterocycles. The minimum absolute atomic E-state index is 0.0766. The lowest BCUT2D eigenvalue weighted by Crippen LogP contribution is -2.46. The fraction of sp³-hybridized carbons (Fsp3) is 0.857. The van der Waals surface area contributed by atoms with Gasteiger partial charge in [-0.15, -0.1) is 0 Å². The first-order valence-electron chi connectivity index (χ1n) is 27.2. The summed E-state index contributed by atoms with van der Waals surface area (Å²) in [5, 5.41) is 23.8. The number of ether oxygens (including phenoxy) is 1. The van der Waals surface area contributed by atoms with E-state index in [-0.39, 0.29) is 24.9 Å². The average Bonchev–Trinajstić information content (AvgIpc) is 3.26. The highest BCUT2D eigenvalue weighted by Gasteiger charge is 2.24. The summed E-state index contributed by atoms with van der Waals surface area (Å²) in [5.74, 6) is -0.474. The predicted molar refractivity (Wildman–Crippen MR) is 269 cm³/mol. The zero-order valence-corrected chi connectivity index (χ0v) is 41.5. The quantitative estimate of drug-likeness (QED) is 0.0321. The van der Waals surface area contributed by atoms with Crippen molar-refractivity contribution in [2.24, 2.45) is 0 Å². The van der Waals surface area contributed by atoms with Crippen molar-refractivity contribution in [1.82, 2.24) is 5.32 Å². The number of esters is 1. The fourth-order valence-electron chi connectivity index (χ4n) is 8.39. The highest BCUT2D eigenvalue weighted by molar-refractivity contribution is 5.77. The molecule has 62 heavy (non-hydrogen) atoms. The molecule has 6 heteroatoms. The molecule has 0 heterocycles. The van der Waals surface area contributed by atoms with E-state index < -0.39 is 18.2 Å². The molecule has 0 rings (SSSR count). The Bertz CT molecular complexity index is 1020. The second-order valence-corrected chi connectivity index (χ2v) is 18.6. The van der Waals surface area contributed by atoms with Crippen LogP contribution in [-0.4, -0.2) is 46.9 Å². The summed E-state index contributed by atoms with van der Waals surface area (Å²) in [7, 11) is 0. The number of aliphatic hydroxyl groups excluding tert-OH is 2. The van der Waals surface area contributed by atoms with Crippen molar-refractivity contribution < 1.29 is 24.5 Å². The SMILES string of the molecule is CC/C=C/C/C=C/C/C=C/CCCCCCCCC(=O)OC(CCCCCCCCCCCCCCCCCC)CC(=O)NC(CO)C(O)CCCCCCCCCCCCC. The summed E-state index contributed by atoms with van der Waals surface area (Å²) in [5.41, 5.74) is 0.